The van der Waals surface area contributed by atoms with E-state index in [9.17, 15) is 13.2 Å². The SMILES string of the molecule is CNS(=O)(=O)c1ccc(C)c(C(=O)NCc2nnc3ccccn23)c1. The Kier molecular flexibility index (Phi) is 4.51. The molecule has 0 bridgehead atoms. The summed E-state index contributed by atoms with van der Waals surface area (Å²) in [5, 5.41) is 10.8. The molecule has 9 heteroatoms. The number of carbonyl (C=O) groups is 1. The number of aryl methyl sites for hydroxylation is 1. The molecule has 2 N–H and O–H groups in total. The van der Waals surface area contributed by atoms with Crippen LogP contribution in [-0.2, 0) is 16.6 Å². The van der Waals surface area contributed by atoms with E-state index < -0.39 is 10.0 Å². The van der Waals surface area contributed by atoms with E-state index in [2.05, 4.69) is 20.2 Å². The van der Waals surface area contributed by atoms with E-state index in [-0.39, 0.29) is 17.3 Å². The van der Waals surface area contributed by atoms with Gasteiger partial charge in [-0.15, -0.1) is 10.2 Å². The normalized spacial score (nSPS) is 11.6. The van der Waals surface area contributed by atoms with E-state index in [0.717, 1.165) is 0 Å². The first kappa shape index (κ1) is 17.1. The zero-order chi connectivity index (χ0) is 18.0. The van der Waals surface area contributed by atoms with E-state index in [1.165, 1.54) is 19.2 Å². The van der Waals surface area contributed by atoms with Crippen LogP contribution in [-0.4, -0.2) is 36.0 Å². The monoisotopic (exact) mass is 359 g/mol. The molecule has 3 aromatic rings. The van der Waals surface area contributed by atoms with Gasteiger partial charge in [-0.1, -0.05) is 12.1 Å². The van der Waals surface area contributed by atoms with Crippen LogP contribution in [0.4, 0.5) is 0 Å². The summed E-state index contributed by atoms with van der Waals surface area (Å²) >= 11 is 0. The van der Waals surface area contributed by atoms with Crippen molar-refractivity contribution in [1.82, 2.24) is 24.6 Å². The van der Waals surface area contributed by atoms with Gasteiger partial charge < -0.3 is 5.32 Å². The molecule has 0 radical (unpaired) electrons. The highest BCUT2D eigenvalue weighted by Crippen LogP contribution is 2.15. The van der Waals surface area contributed by atoms with Crippen molar-refractivity contribution in [3.8, 4) is 0 Å². The molecular weight excluding hydrogens is 342 g/mol. The predicted molar refractivity (Wildman–Crippen MR) is 91.6 cm³/mol. The minimum Gasteiger partial charge on any atom is -0.345 e. The van der Waals surface area contributed by atoms with Crippen LogP contribution in [0.1, 0.15) is 21.7 Å². The largest absolute Gasteiger partial charge is 0.345 e. The van der Waals surface area contributed by atoms with E-state index in [0.29, 0.717) is 22.6 Å². The lowest BCUT2D eigenvalue weighted by atomic mass is 10.1. The lowest BCUT2D eigenvalue weighted by Gasteiger charge is -2.09. The average Bonchev–Trinajstić information content (AvgIpc) is 3.03. The number of carbonyl (C=O) groups excluding carboxylic acids is 1. The summed E-state index contributed by atoms with van der Waals surface area (Å²) < 4.78 is 27.8. The van der Waals surface area contributed by atoms with Gasteiger partial charge in [-0.3, -0.25) is 9.20 Å². The minimum atomic E-state index is -3.61. The first-order valence-electron chi connectivity index (χ1n) is 7.53. The number of nitrogens with zero attached hydrogens (tertiary/aromatic N) is 3. The van der Waals surface area contributed by atoms with Crippen molar-refractivity contribution in [3.63, 3.8) is 0 Å². The number of fused-ring (bicyclic) bond motifs is 1. The molecular formula is C16H17N5O3S. The number of benzene rings is 1. The standard InChI is InChI=1S/C16H17N5O3S/c1-11-6-7-12(25(23,24)17-2)9-13(11)16(22)18-10-15-20-19-14-5-3-4-8-21(14)15/h3-9,17H,10H2,1-2H3,(H,18,22). The third-order valence-corrected chi connectivity index (χ3v) is 5.24. The fourth-order valence-electron chi connectivity index (χ4n) is 2.40. The van der Waals surface area contributed by atoms with Crippen LogP contribution in [0.2, 0.25) is 0 Å². The molecule has 8 nitrogen and oxygen atoms in total. The van der Waals surface area contributed by atoms with Crippen molar-refractivity contribution in [1.29, 1.82) is 0 Å². The fourth-order valence-corrected chi connectivity index (χ4v) is 3.15. The summed E-state index contributed by atoms with van der Waals surface area (Å²) in [6.07, 6.45) is 1.81. The van der Waals surface area contributed by atoms with Gasteiger partial charge in [0.25, 0.3) is 5.91 Å². The molecule has 1 amide bonds. The molecule has 0 spiro atoms. The Bertz CT molecular complexity index is 1040. The van der Waals surface area contributed by atoms with Crippen molar-refractivity contribution in [2.75, 3.05) is 7.05 Å². The first-order valence-corrected chi connectivity index (χ1v) is 9.02. The second-order valence-electron chi connectivity index (χ2n) is 5.41. The Hall–Kier alpha value is -2.78. The Morgan fingerprint density at radius 1 is 1.20 bits per heavy atom. The van der Waals surface area contributed by atoms with Gasteiger partial charge in [-0.05, 0) is 43.8 Å². The van der Waals surface area contributed by atoms with Crippen molar-refractivity contribution >= 4 is 21.6 Å². The molecule has 2 heterocycles. The summed E-state index contributed by atoms with van der Waals surface area (Å²) in [7, 11) is -2.29. The number of amides is 1. The molecule has 0 unspecified atom stereocenters. The van der Waals surface area contributed by atoms with Crippen molar-refractivity contribution in [3.05, 3.63) is 59.5 Å². The summed E-state index contributed by atoms with van der Waals surface area (Å²) in [5.74, 6) is 0.207. The highest BCUT2D eigenvalue weighted by atomic mass is 32.2. The number of hydrogen-bond acceptors (Lipinski definition) is 5. The van der Waals surface area contributed by atoms with Crippen molar-refractivity contribution in [2.45, 2.75) is 18.4 Å². The summed E-state index contributed by atoms with van der Waals surface area (Å²) in [6, 6.07) is 9.93. The maximum atomic E-state index is 12.5. The summed E-state index contributed by atoms with van der Waals surface area (Å²) in [5.41, 5.74) is 1.66. The average molecular weight is 359 g/mol. The maximum Gasteiger partial charge on any atom is 0.251 e. The second-order valence-corrected chi connectivity index (χ2v) is 7.30. The fraction of sp³-hybridized carbons (Fsp3) is 0.188. The van der Waals surface area contributed by atoms with Crippen LogP contribution in [0.25, 0.3) is 5.65 Å². The predicted octanol–water partition coefficient (Wildman–Crippen LogP) is 0.876. The number of sulfonamides is 1. The molecule has 25 heavy (non-hydrogen) atoms. The van der Waals surface area contributed by atoms with Gasteiger partial charge in [0.15, 0.2) is 11.5 Å². The number of nitrogens with one attached hydrogen (secondary N) is 2. The molecule has 0 atom stereocenters. The molecule has 0 aliphatic heterocycles. The number of hydrogen-bond donors (Lipinski definition) is 2. The molecule has 0 saturated heterocycles. The van der Waals surface area contributed by atoms with Gasteiger partial charge in [0.1, 0.15) is 0 Å². The lowest BCUT2D eigenvalue weighted by Crippen LogP contribution is -2.25. The quantitative estimate of drug-likeness (QED) is 0.703. The first-order chi connectivity index (χ1) is 11.9. The molecule has 0 fully saturated rings. The second kappa shape index (κ2) is 6.61. The number of pyridine rings is 1. The molecule has 0 saturated carbocycles. The zero-order valence-electron chi connectivity index (χ0n) is 13.7. The summed E-state index contributed by atoms with van der Waals surface area (Å²) in [6.45, 7) is 1.92. The maximum absolute atomic E-state index is 12.5. The van der Waals surface area contributed by atoms with E-state index >= 15 is 0 Å². The van der Waals surface area contributed by atoms with Crippen LogP contribution >= 0.6 is 0 Å². The lowest BCUT2D eigenvalue weighted by molar-refractivity contribution is 0.0949. The number of aromatic nitrogens is 3. The topological polar surface area (TPSA) is 105 Å². The van der Waals surface area contributed by atoms with Crippen molar-refractivity contribution < 1.29 is 13.2 Å². The van der Waals surface area contributed by atoms with Crippen LogP contribution in [0.15, 0.2) is 47.5 Å². The molecule has 3 rings (SSSR count). The highest BCUT2D eigenvalue weighted by molar-refractivity contribution is 7.89. The van der Waals surface area contributed by atoms with Crippen LogP contribution in [0, 0.1) is 6.92 Å². The summed E-state index contributed by atoms with van der Waals surface area (Å²) in [4.78, 5) is 12.5. The highest BCUT2D eigenvalue weighted by Gasteiger charge is 2.17. The number of rotatable bonds is 5. The van der Waals surface area contributed by atoms with Crippen LogP contribution in [0.5, 0.6) is 0 Å². The Morgan fingerprint density at radius 2 is 2.00 bits per heavy atom. The Balaban J connectivity index is 1.83. The molecule has 1 aromatic carbocycles. The molecule has 130 valence electrons. The van der Waals surface area contributed by atoms with Gasteiger partial charge in [-0.2, -0.15) is 0 Å². The van der Waals surface area contributed by atoms with Gasteiger partial charge >= 0.3 is 0 Å². The zero-order valence-corrected chi connectivity index (χ0v) is 14.5. The van der Waals surface area contributed by atoms with Gasteiger partial charge in [-0.25, -0.2) is 13.1 Å². The molecule has 0 aliphatic carbocycles. The molecule has 2 aromatic heterocycles. The van der Waals surface area contributed by atoms with E-state index in [4.69, 9.17) is 0 Å². The van der Waals surface area contributed by atoms with Crippen LogP contribution in [0.3, 0.4) is 0 Å². The van der Waals surface area contributed by atoms with E-state index in [1.54, 1.807) is 17.4 Å². The minimum absolute atomic E-state index is 0.0404. The third kappa shape index (κ3) is 3.37. The van der Waals surface area contributed by atoms with Gasteiger partial charge in [0.05, 0.1) is 11.4 Å². The molecule has 0 aliphatic rings. The van der Waals surface area contributed by atoms with Gasteiger partial charge in [0, 0.05) is 11.8 Å². The third-order valence-electron chi connectivity index (χ3n) is 3.82. The van der Waals surface area contributed by atoms with E-state index in [1.807, 2.05) is 24.4 Å². The Morgan fingerprint density at radius 3 is 2.76 bits per heavy atom. The van der Waals surface area contributed by atoms with Gasteiger partial charge in [0.2, 0.25) is 10.0 Å². The smallest absolute Gasteiger partial charge is 0.251 e. The Labute approximate surface area is 144 Å². The van der Waals surface area contributed by atoms with Crippen molar-refractivity contribution in [2.24, 2.45) is 0 Å². The van der Waals surface area contributed by atoms with Crippen LogP contribution < -0.4 is 10.0 Å².